The van der Waals surface area contributed by atoms with E-state index in [4.69, 9.17) is 16.3 Å². The van der Waals surface area contributed by atoms with Crippen LogP contribution in [0, 0.1) is 0 Å². The number of halogens is 1. The Labute approximate surface area is 161 Å². The molecule has 8 heteroatoms. The number of pyridine rings is 1. The molecule has 1 aromatic carbocycles. The van der Waals surface area contributed by atoms with Crippen molar-refractivity contribution in [1.82, 2.24) is 4.98 Å². The number of piperidine rings is 1. The predicted molar refractivity (Wildman–Crippen MR) is 101 cm³/mol. The SMILES string of the molecule is O=C(COC(=O)c1ccc(N2CCCCC2=O)cc1)Nc1cccnc1Cl. The highest BCUT2D eigenvalue weighted by Crippen LogP contribution is 2.21. The highest BCUT2D eigenvalue weighted by atomic mass is 35.5. The van der Waals surface area contributed by atoms with Gasteiger partial charge in [0.15, 0.2) is 11.8 Å². The van der Waals surface area contributed by atoms with Crippen LogP contribution in [0.4, 0.5) is 11.4 Å². The van der Waals surface area contributed by atoms with Gasteiger partial charge in [-0.3, -0.25) is 9.59 Å². The first-order valence-corrected chi connectivity index (χ1v) is 8.90. The van der Waals surface area contributed by atoms with E-state index in [2.05, 4.69) is 10.3 Å². The van der Waals surface area contributed by atoms with Crippen molar-refractivity contribution in [2.24, 2.45) is 0 Å². The quantitative estimate of drug-likeness (QED) is 0.629. The van der Waals surface area contributed by atoms with Crippen LogP contribution in [-0.2, 0) is 14.3 Å². The Balaban J connectivity index is 1.54. The molecule has 0 aliphatic carbocycles. The summed E-state index contributed by atoms with van der Waals surface area (Å²) in [6.45, 7) is 0.232. The predicted octanol–water partition coefficient (Wildman–Crippen LogP) is 3.05. The van der Waals surface area contributed by atoms with Crippen LogP contribution in [0.2, 0.25) is 5.15 Å². The second-order valence-corrected chi connectivity index (χ2v) is 6.37. The number of benzene rings is 1. The zero-order valence-corrected chi connectivity index (χ0v) is 15.2. The van der Waals surface area contributed by atoms with Crippen molar-refractivity contribution in [3.63, 3.8) is 0 Å². The molecule has 1 fully saturated rings. The molecule has 3 rings (SSSR count). The summed E-state index contributed by atoms with van der Waals surface area (Å²) in [7, 11) is 0. The average Bonchev–Trinajstić information content (AvgIpc) is 2.68. The molecule has 0 radical (unpaired) electrons. The first-order chi connectivity index (χ1) is 13.0. The molecule has 1 N–H and O–H groups in total. The van der Waals surface area contributed by atoms with Gasteiger partial charge in [-0.2, -0.15) is 0 Å². The third-order valence-electron chi connectivity index (χ3n) is 4.11. The fraction of sp³-hybridized carbons (Fsp3) is 0.263. The third kappa shape index (κ3) is 4.83. The summed E-state index contributed by atoms with van der Waals surface area (Å²) in [5, 5.41) is 2.67. The maximum Gasteiger partial charge on any atom is 0.338 e. The van der Waals surface area contributed by atoms with E-state index in [1.54, 1.807) is 41.3 Å². The largest absolute Gasteiger partial charge is 0.452 e. The number of carbonyl (C=O) groups is 3. The molecule has 1 saturated heterocycles. The number of ether oxygens (including phenoxy) is 1. The number of nitrogens with one attached hydrogen (secondary N) is 1. The standard InChI is InChI=1S/C19H18ClN3O4/c20-18-15(4-3-10-21-18)22-16(24)12-27-19(26)13-6-8-14(9-7-13)23-11-2-1-5-17(23)25/h3-4,6-10H,1-2,5,11-12H2,(H,22,24). The number of amides is 2. The van der Waals surface area contributed by atoms with Gasteiger partial charge in [0, 0.05) is 24.8 Å². The molecular formula is C19H18ClN3O4. The summed E-state index contributed by atoms with van der Waals surface area (Å²) in [6, 6.07) is 9.79. The maximum atomic E-state index is 12.1. The Bertz CT molecular complexity index is 854. The average molecular weight is 388 g/mol. The van der Waals surface area contributed by atoms with E-state index in [0.29, 0.717) is 24.2 Å². The molecule has 2 aromatic rings. The van der Waals surface area contributed by atoms with Crippen molar-refractivity contribution in [1.29, 1.82) is 0 Å². The molecule has 0 unspecified atom stereocenters. The summed E-state index contributed by atoms with van der Waals surface area (Å²) < 4.78 is 5.01. The van der Waals surface area contributed by atoms with E-state index < -0.39 is 18.5 Å². The second-order valence-electron chi connectivity index (χ2n) is 6.02. The minimum atomic E-state index is -0.626. The van der Waals surface area contributed by atoms with E-state index in [9.17, 15) is 14.4 Å². The number of anilines is 2. The van der Waals surface area contributed by atoms with E-state index in [1.165, 1.54) is 6.20 Å². The van der Waals surface area contributed by atoms with E-state index in [1.807, 2.05) is 0 Å². The van der Waals surface area contributed by atoms with E-state index >= 15 is 0 Å². The third-order valence-corrected chi connectivity index (χ3v) is 4.41. The lowest BCUT2D eigenvalue weighted by Crippen LogP contribution is -2.35. The highest BCUT2D eigenvalue weighted by Gasteiger charge is 2.20. The molecule has 0 spiro atoms. The monoisotopic (exact) mass is 387 g/mol. The molecule has 7 nitrogen and oxygen atoms in total. The van der Waals surface area contributed by atoms with Crippen LogP contribution in [0.5, 0.6) is 0 Å². The Morgan fingerprint density at radius 2 is 1.96 bits per heavy atom. The first kappa shape index (κ1) is 18.8. The number of nitrogens with zero attached hydrogens (tertiary/aromatic N) is 2. The minimum Gasteiger partial charge on any atom is -0.452 e. The van der Waals surface area contributed by atoms with Gasteiger partial charge >= 0.3 is 5.97 Å². The Morgan fingerprint density at radius 1 is 1.19 bits per heavy atom. The summed E-state index contributed by atoms with van der Waals surface area (Å²) in [6.07, 6.45) is 3.91. The van der Waals surface area contributed by atoms with Crippen molar-refractivity contribution in [2.75, 3.05) is 23.4 Å². The lowest BCUT2D eigenvalue weighted by molar-refractivity contribution is -0.120. The highest BCUT2D eigenvalue weighted by molar-refractivity contribution is 6.32. The van der Waals surface area contributed by atoms with Crippen molar-refractivity contribution >= 4 is 40.8 Å². The summed E-state index contributed by atoms with van der Waals surface area (Å²) in [4.78, 5) is 41.5. The van der Waals surface area contributed by atoms with Crippen LogP contribution in [0.15, 0.2) is 42.6 Å². The van der Waals surface area contributed by atoms with Gasteiger partial charge in [-0.05, 0) is 49.2 Å². The van der Waals surface area contributed by atoms with Crippen LogP contribution in [0.1, 0.15) is 29.6 Å². The Kier molecular flexibility index (Phi) is 6.03. The van der Waals surface area contributed by atoms with E-state index in [-0.39, 0.29) is 11.1 Å². The van der Waals surface area contributed by atoms with Crippen LogP contribution in [0.3, 0.4) is 0 Å². The second kappa shape index (κ2) is 8.64. The molecule has 140 valence electrons. The van der Waals surface area contributed by atoms with Crippen LogP contribution >= 0.6 is 11.6 Å². The molecule has 2 amide bonds. The van der Waals surface area contributed by atoms with Crippen molar-refractivity contribution in [2.45, 2.75) is 19.3 Å². The van der Waals surface area contributed by atoms with Crippen LogP contribution < -0.4 is 10.2 Å². The zero-order chi connectivity index (χ0) is 19.2. The lowest BCUT2D eigenvalue weighted by atomic mass is 10.1. The Morgan fingerprint density at radius 3 is 2.67 bits per heavy atom. The van der Waals surface area contributed by atoms with Crippen molar-refractivity contribution < 1.29 is 19.1 Å². The maximum absolute atomic E-state index is 12.1. The van der Waals surface area contributed by atoms with Crippen LogP contribution in [0.25, 0.3) is 0 Å². The Hall–Kier alpha value is -2.93. The fourth-order valence-electron chi connectivity index (χ4n) is 2.74. The molecule has 2 heterocycles. The van der Waals surface area contributed by atoms with Gasteiger partial charge in [0.2, 0.25) is 5.91 Å². The summed E-state index contributed by atoms with van der Waals surface area (Å²) in [5.74, 6) is -1.06. The van der Waals surface area contributed by atoms with Crippen molar-refractivity contribution in [3.8, 4) is 0 Å². The number of esters is 1. The summed E-state index contributed by atoms with van der Waals surface area (Å²) >= 11 is 5.85. The topological polar surface area (TPSA) is 88.6 Å². The van der Waals surface area contributed by atoms with Gasteiger partial charge in [-0.25, -0.2) is 9.78 Å². The molecular weight excluding hydrogens is 370 g/mol. The number of carbonyl (C=O) groups excluding carboxylic acids is 3. The fourth-order valence-corrected chi connectivity index (χ4v) is 2.90. The van der Waals surface area contributed by atoms with Gasteiger partial charge in [-0.15, -0.1) is 0 Å². The van der Waals surface area contributed by atoms with Crippen LogP contribution in [-0.4, -0.2) is 35.9 Å². The normalized spacial score (nSPS) is 14.0. The molecule has 0 saturated carbocycles. The summed E-state index contributed by atoms with van der Waals surface area (Å²) in [5.41, 5.74) is 1.39. The van der Waals surface area contributed by atoms with Gasteiger partial charge in [0.05, 0.1) is 11.3 Å². The van der Waals surface area contributed by atoms with Gasteiger partial charge in [-0.1, -0.05) is 11.6 Å². The minimum absolute atomic E-state index is 0.0855. The zero-order valence-electron chi connectivity index (χ0n) is 14.5. The first-order valence-electron chi connectivity index (χ1n) is 8.52. The van der Waals surface area contributed by atoms with Gasteiger partial charge < -0.3 is 15.0 Å². The number of rotatable bonds is 5. The molecule has 1 aromatic heterocycles. The molecule has 0 bridgehead atoms. The molecule has 27 heavy (non-hydrogen) atoms. The molecule has 1 aliphatic heterocycles. The van der Waals surface area contributed by atoms with Crippen molar-refractivity contribution in [3.05, 3.63) is 53.3 Å². The smallest absolute Gasteiger partial charge is 0.338 e. The molecule has 1 aliphatic rings. The van der Waals surface area contributed by atoms with Gasteiger partial charge in [0.1, 0.15) is 0 Å². The molecule has 0 atom stereocenters. The number of hydrogen-bond donors (Lipinski definition) is 1. The number of hydrogen-bond acceptors (Lipinski definition) is 5. The number of aromatic nitrogens is 1. The van der Waals surface area contributed by atoms with E-state index in [0.717, 1.165) is 18.5 Å². The van der Waals surface area contributed by atoms with Gasteiger partial charge in [0.25, 0.3) is 5.91 Å². The lowest BCUT2D eigenvalue weighted by Gasteiger charge is -2.26.